The molecule has 35 heteroatoms. The normalized spacial score (nSPS) is 18.3. The van der Waals surface area contributed by atoms with Gasteiger partial charge in [0.2, 0.25) is 35.4 Å². The summed E-state index contributed by atoms with van der Waals surface area (Å²) in [6.45, 7) is 14.5. The quantitative estimate of drug-likeness (QED) is 0.0581. The first kappa shape index (κ1) is 99.5. The summed E-state index contributed by atoms with van der Waals surface area (Å²) in [5.74, 6) is -2.69. The fourth-order valence-electron chi connectivity index (χ4n) is 4.90. The van der Waals surface area contributed by atoms with Gasteiger partial charge in [-0.2, -0.15) is 31.5 Å². The van der Waals surface area contributed by atoms with Crippen LogP contribution in [0.15, 0.2) is 0 Å². The summed E-state index contributed by atoms with van der Waals surface area (Å²) in [7, 11) is 27.1. The molecule has 68 heavy (non-hydrogen) atoms. The van der Waals surface area contributed by atoms with Gasteiger partial charge in [0.05, 0.1) is 35.3 Å². The number of nitrogens with zero attached hydrogens (tertiary/aromatic N) is 3. The summed E-state index contributed by atoms with van der Waals surface area (Å²) < 4.78 is 15.3. The molecule has 0 aromatic rings. The van der Waals surface area contributed by atoms with Gasteiger partial charge in [-0.25, -0.2) is 0 Å². The van der Waals surface area contributed by atoms with Gasteiger partial charge >= 0.3 is 101 Å². The minimum absolute atomic E-state index is 0. The average Bonchev–Trinajstić information content (AvgIpc) is 3.96. The Bertz CT molecular complexity index is 1270. The van der Waals surface area contributed by atoms with Crippen LogP contribution in [-0.4, -0.2) is 222 Å². The van der Waals surface area contributed by atoms with Crippen LogP contribution in [0.3, 0.4) is 0 Å². The fourth-order valence-corrected chi connectivity index (χ4v) is 4.90. The minimum atomic E-state index is -0.519. The standard InChI is InChI=1S/C23H37B3N7O7.2C5H7BO.FH.3Li.2HP.2U.2V.2W.2Y/c1-16(34)31(13-21(37)30-12-17-2-3-18(26)40-17)8-5-28-20(36)15-33(23(39)11-25)9-6-29-19(35)14-32(7-4-27)22(38)10-24;2*1-4-2-3-5(6)7-4;;;;;;;;;;;;;;/h2,17-18H,3-15,27H2,1H3,(H,28,36)(H,29,35)(H,30,37);2*2,4-5H,1,3H2;1H;;;;2*1H;;;;;;;;/q-1;2*-2;;;;+1;;;;;;;;;;/p-1. The summed E-state index contributed by atoms with van der Waals surface area (Å²) in [5.41, 5.74) is 5.45. The molecule has 3 rings (SSSR count). The number of halogens is 1. The van der Waals surface area contributed by atoms with Gasteiger partial charge in [0.25, 0.3) is 0 Å². The number of ether oxygens (including phenoxy) is 3. The van der Waals surface area contributed by atoms with Gasteiger partial charge in [-0.1, -0.05) is 0 Å². The number of carbonyl (C=O) groups excluding carboxylic acids is 6. The van der Waals surface area contributed by atoms with Crippen molar-refractivity contribution in [2.45, 2.75) is 75.1 Å². The molecule has 3 aliphatic rings. The molecule has 0 aromatic heterocycles. The van der Waals surface area contributed by atoms with Gasteiger partial charge in [-0.3, -0.25) is 35.2 Å². The summed E-state index contributed by atoms with van der Waals surface area (Å²) in [5, 5.41) is 7.85. The second-order valence-electron chi connectivity index (χ2n) is 12.3. The first-order valence-corrected chi connectivity index (χ1v) is 28.7. The number of amides is 6. The summed E-state index contributed by atoms with van der Waals surface area (Å²) >= 11 is 6.78. The van der Waals surface area contributed by atoms with Crippen molar-refractivity contribution in [3.63, 3.8) is 0 Å². The molecule has 0 aliphatic carbocycles. The molecular weight excluding hydrogens is 1920 g/mol. The van der Waals surface area contributed by atoms with Gasteiger partial charge in [0, 0.05) is 217 Å². The second kappa shape index (κ2) is 67.4. The number of hydrogen-bond acceptors (Lipinski definition) is 10. The van der Waals surface area contributed by atoms with Gasteiger partial charge < -0.3 is 82.0 Å². The molecule has 350 valence electrons. The van der Waals surface area contributed by atoms with Gasteiger partial charge in [-0.05, 0) is 36.8 Å². The zero-order valence-electron chi connectivity index (χ0n) is 39.4. The Morgan fingerprint density at radius 1 is 0.676 bits per heavy atom. The van der Waals surface area contributed by atoms with Crippen molar-refractivity contribution in [1.82, 2.24) is 30.7 Å². The van der Waals surface area contributed by atoms with Crippen molar-refractivity contribution in [1.29, 1.82) is 0 Å². The smallest absolute Gasteiger partial charge is 0 e. The van der Waals surface area contributed by atoms with E-state index in [-0.39, 0.29) is 315 Å². The first-order chi connectivity index (χ1) is 28.6. The molecule has 6 unspecified atom stereocenters. The van der Waals surface area contributed by atoms with E-state index in [0.717, 1.165) is 12.8 Å². The first-order valence-electron chi connectivity index (χ1n) is 19.1. The van der Waals surface area contributed by atoms with E-state index < -0.39 is 23.6 Å². The van der Waals surface area contributed by atoms with Gasteiger partial charge in [0.1, 0.15) is 23.5 Å². The van der Waals surface area contributed by atoms with Crippen LogP contribution in [0.5, 0.6) is 0 Å². The summed E-state index contributed by atoms with van der Waals surface area (Å²) in [6.07, 6.45) is 7.21. The SMILES string of the molecule is [B]C1C[CH-]C([CH2-])O1.[B]C1C[CH-]C([CH2-])O1.[B]CC(=O)N(CCN)CC(=O)NCCN(CC(=O)NCCN(CC(=O)NCC1[CH-]CC([B])O1)C(C)=O)C(=O)C[B].[F-].[Li+].[Li][Li].[PH]=[W].[PH]=[W].[U].[U].[V].[V].[Y].[Y]. The van der Waals surface area contributed by atoms with E-state index in [1.165, 1.54) is 59.2 Å². The zero-order valence-corrected chi connectivity index (χ0v) is 64.1. The molecule has 0 saturated carbocycles. The number of rotatable bonds is 18. The van der Waals surface area contributed by atoms with Crippen LogP contribution in [-0.2, 0) is 183 Å². The van der Waals surface area contributed by atoms with E-state index in [0.29, 0.717) is 6.42 Å². The maximum absolute atomic E-state index is 12.4. The molecule has 3 heterocycles. The number of nitrogens with one attached hydrogen (secondary N) is 3. The predicted octanol–water partition coefficient (Wildman–Crippen LogP) is -9.50. The van der Waals surface area contributed by atoms with Crippen LogP contribution >= 0.6 is 13.7 Å². The van der Waals surface area contributed by atoms with E-state index in [1.807, 2.05) is 50.0 Å². The van der Waals surface area contributed by atoms with Crippen molar-refractivity contribution in [3.8, 4) is 0 Å². The second-order valence-corrected chi connectivity index (χ2v) is 12.3. The van der Waals surface area contributed by atoms with Gasteiger partial charge in [-0.15, -0.1) is 0 Å². The summed E-state index contributed by atoms with van der Waals surface area (Å²) in [4.78, 5) is 76.4. The Balaban J connectivity index is -0.000000108. The van der Waals surface area contributed by atoms with E-state index in [1.54, 1.807) is 0 Å². The Kier molecular flexibility index (Phi) is 98.7. The van der Waals surface area contributed by atoms with E-state index in [4.69, 9.17) is 59.2 Å². The molecule has 6 atom stereocenters. The molecule has 0 spiro atoms. The Labute approximate surface area is 588 Å². The largest absolute Gasteiger partial charge is 0 e. The zero-order chi connectivity index (χ0) is 46.6. The van der Waals surface area contributed by atoms with Crippen LogP contribution in [0.25, 0.3) is 0 Å². The Hall–Kier alpha value is 6.16. The van der Waals surface area contributed by atoms with Crippen molar-refractivity contribution in [3.05, 3.63) is 33.1 Å². The Morgan fingerprint density at radius 3 is 1.28 bits per heavy atom. The Morgan fingerprint density at radius 2 is 1.00 bits per heavy atom. The monoisotopic (exact) mass is 1970 g/mol. The maximum atomic E-state index is 12.4. The third-order valence-corrected chi connectivity index (χ3v) is 7.75. The minimum Gasteiger partial charge on any atom is 0 e. The number of nitrogens with two attached hydrogens (primary N) is 1. The van der Waals surface area contributed by atoms with Crippen molar-refractivity contribution in [2.75, 3.05) is 65.4 Å². The molecule has 5 N–H and O–H groups in total. The molecule has 16 nitrogen and oxygen atoms in total. The fraction of sp³-hybridized carbons (Fsp3) is 0.667. The van der Waals surface area contributed by atoms with Gasteiger partial charge in [0.15, 0.2) is 0 Å². The molecule has 6 amide bonds. The topological polar surface area (TPSA) is 202 Å². The molecule has 3 fully saturated rings. The third-order valence-electron chi connectivity index (χ3n) is 7.75. The maximum Gasteiger partial charge on any atom is 0 e. The average molecular weight is 1970 g/mol. The van der Waals surface area contributed by atoms with E-state index >= 15 is 0 Å². The third kappa shape index (κ3) is 55.5. The number of carbonyl (C=O) groups is 6. The molecule has 14 radical (unpaired) electrons. The van der Waals surface area contributed by atoms with E-state index in [2.05, 4.69) is 43.5 Å². The van der Waals surface area contributed by atoms with Crippen LogP contribution in [0.1, 0.15) is 26.2 Å². The molecule has 0 aromatic carbocycles. The molecule has 3 aliphatic heterocycles. The van der Waals surface area contributed by atoms with Crippen LogP contribution in [0, 0.1) is 95.3 Å². The molecular formula is C33H53B5FLi3N7O9P2U2V2W2Y2-5. The van der Waals surface area contributed by atoms with Crippen LogP contribution < -0.4 is 45.2 Å². The van der Waals surface area contributed by atoms with E-state index in [9.17, 15) is 28.8 Å². The van der Waals surface area contributed by atoms with Crippen molar-refractivity contribution in [2.24, 2.45) is 5.73 Å². The molecule has 3 saturated heterocycles. The number of hydrogen-bond donors (Lipinski definition) is 4. The van der Waals surface area contributed by atoms with Crippen LogP contribution in [0.4, 0.5) is 0 Å². The van der Waals surface area contributed by atoms with Crippen LogP contribution in [0.2, 0.25) is 12.6 Å². The predicted molar refractivity (Wildman–Crippen MR) is 233 cm³/mol. The molecule has 0 bridgehead atoms. The van der Waals surface area contributed by atoms with Crippen molar-refractivity contribution >= 4 is 119 Å². The van der Waals surface area contributed by atoms with Crippen molar-refractivity contribution < 1.29 is 269 Å². The summed E-state index contributed by atoms with van der Waals surface area (Å²) in [6, 6.07) is -0.579.